The number of aryl methyl sites for hydroxylation is 1. The molecular weight excluding hydrogens is 481 g/mol. The van der Waals surface area contributed by atoms with Gasteiger partial charge < -0.3 is 9.15 Å². The van der Waals surface area contributed by atoms with Gasteiger partial charge >= 0.3 is 5.97 Å². The zero-order chi connectivity index (χ0) is 25.0. The number of benzene rings is 2. The molecule has 0 bridgehead atoms. The molecule has 176 valence electrons. The number of amides is 1. The van der Waals surface area contributed by atoms with Gasteiger partial charge in [-0.3, -0.25) is 24.6 Å². The Labute approximate surface area is 199 Å². The first kappa shape index (κ1) is 22.3. The zero-order valence-electron chi connectivity index (χ0n) is 18.1. The van der Waals surface area contributed by atoms with E-state index in [4.69, 9.17) is 9.15 Å². The number of anilines is 1. The van der Waals surface area contributed by atoms with E-state index < -0.39 is 34.1 Å². The van der Waals surface area contributed by atoms with Gasteiger partial charge in [-0.15, -0.1) is 0 Å². The van der Waals surface area contributed by atoms with Crippen LogP contribution in [0.4, 0.5) is 15.2 Å². The second kappa shape index (κ2) is 8.09. The van der Waals surface area contributed by atoms with Gasteiger partial charge in [0.1, 0.15) is 16.3 Å². The van der Waals surface area contributed by atoms with E-state index in [0.717, 1.165) is 28.4 Å². The summed E-state index contributed by atoms with van der Waals surface area (Å²) in [4.78, 5) is 55.6. The van der Waals surface area contributed by atoms with Gasteiger partial charge in [0, 0.05) is 12.1 Å². The summed E-state index contributed by atoms with van der Waals surface area (Å²) in [7, 11) is 1.21. The Morgan fingerprint density at radius 3 is 2.74 bits per heavy atom. The van der Waals surface area contributed by atoms with Crippen LogP contribution in [0.25, 0.3) is 11.0 Å². The fraction of sp³-hybridized carbons (Fsp3) is 0.130. The van der Waals surface area contributed by atoms with Gasteiger partial charge in [0.15, 0.2) is 10.6 Å². The van der Waals surface area contributed by atoms with E-state index in [9.17, 15) is 28.9 Å². The second-order valence-corrected chi connectivity index (χ2v) is 8.62. The molecule has 0 saturated heterocycles. The maximum absolute atomic E-state index is 13.9. The van der Waals surface area contributed by atoms with E-state index >= 15 is 0 Å². The number of non-ortho nitro benzene ring substituents is 1. The molecule has 0 N–H and O–H groups in total. The average Bonchev–Trinajstić information content (AvgIpc) is 3.36. The molecule has 4 aromatic rings. The molecule has 2 aromatic heterocycles. The molecule has 1 aliphatic rings. The number of nitro benzene ring substituents is 1. The number of ether oxygens (including phenoxy) is 1. The Kier molecular flexibility index (Phi) is 5.17. The predicted octanol–water partition coefficient (Wildman–Crippen LogP) is 4.14. The number of aromatic nitrogens is 1. The van der Waals surface area contributed by atoms with Crippen LogP contribution >= 0.6 is 11.3 Å². The van der Waals surface area contributed by atoms with E-state index in [2.05, 4.69) is 4.98 Å². The van der Waals surface area contributed by atoms with Gasteiger partial charge in [0.05, 0.1) is 34.7 Å². The Bertz CT molecular complexity index is 1630. The topological polar surface area (TPSA) is 133 Å². The molecule has 12 heteroatoms. The molecule has 5 rings (SSSR count). The van der Waals surface area contributed by atoms with Crippen molar-refractivity contribution in [3.8, 4) is 0 Å². The lowest BCUT2D eigenvalue weighted by molar-refractivity contribution is -0.384. The molecule has 1 atom stereocenters. The van der Waals surface area contributed by atoms with Crippen LogP contribution in [0.3, 0.4) is 0 Å². The van der Waals surface area contributed by atoms with Crippen LogP contribution in [-0.2, 0) is 4.74 Å². The van der Waals surface area contributed by atoms with Crippen molar-refractivity contribution in [2.75, 3.05) is 12.0 Å². The Morgan fingerprint density at radius 1 is 1.26 bits per heavy atom. The fourth-order valence-electron chi connectivity index (χ4n) is 4.03. The summed E-state index contributed by atoms with van der Waals surface area (Å²) in [5.74, 6) is -2.35. The highest BCUT2D eigenvalue weighted by Crippen LogP contribution is 2.43. The number of hydrogen-bond acceptors (Lipinski definition) is 9. The maximum atomic E-state index is 13.9. The summed E-state index contributed by atoms with van der Waals surface area (Å²) in [5.41, 5.74) is -0.485. The molecule has 0 saturated carbocycles. The third-order valence-electron chi connectivity index (χ3n) is 5.59. The van der Waals surface area contributed by atoms with Gasteiger partial charge in [-0.25, -0.2) is 14.2 Å². The predicted molar refractivity (Wildman–Crippen MR) is 122 cm³/mol. The van der Waals surface area contributed by atoms with Gasteiger partial charge in [0.2, 0.25) is 5.76 Å². The number of rotatable bonds is 4. The first-order valence-electron chi connectivity index (χ1n) is 10.1. The van der Waals surface area contributed by atoms with Gasteiger partial charge in [-0.1, -0.05) is 23.5 Å². The number of nitro groups is 1. The third kappa shape index (κ3) is 3.46. The number of esters is 1. The number of fused-ring (bicyclic) bond motifs is 2. The number of carbonyl (C=O) groups excluding carboxylic acids is 2. The highest BCUT2D eigenvalue weighted by atomic mass is 32.1. The number of nitrogens with zero attached hydrogens (tertiary/aromatic N) is 3. The average molecular weight is 495 g/mol. The summed E-state index contributed by atoms with van der Waals surface area (Å²) in [6, 6.07) is 7.61. The van der Waals surface area contributed by atoms with Crippen LogP contribution in [0.15, 0.2) is 51.7 Å². The molecule has 0 aliphatic carbocycles. The van der Waals surface area contributed by atoms with E-state index in [-0.39, 0.29) is 43.6 Å². The largest absolute Gasteiger partial charge is 0.465 e. The van der Waals surface area contributed by atoms with Crippen molar-refractivity contribution in [1.29, 1.82) is 0 Å². The standard InChI is InChI=1S/C23H14FN3O7S/c1-10-20(22(30)33-2)35-23(25-10)26-17(11-4-3-5-13(8-11)27(31)32)16-18(28)14-9-12(24)6-7-15(14)34-19(16)21(26)29/h3-9,17H,1-2H3. The molecule has 35 heavy (non-hydrogen) atoms. The Morgan fingerprint density at radius 2 is 2.03 bits per heavy atom. The molecule has 1 aliphatic heterocycles. The Balaban J connectivity index is 1.80. The number of thiazole rings is 1. The maximum Gasteiger partial charge on any atom is 0.350 e. The summed E-state index contributed by atoms with van der Waals surface area (Å²) in [6.45, 7) is 1.56. The molecule has 0 radical (unpaired) electrons. The minimum atomic E-state index is -1.17. The van der Waals surface area contributed by atoms with Crippen LogP contribution < -0.4 is 10.3 Å². The smallest absolute Gasteiger partial charge is 0.350 e. The van der Waals surface area contributed by atoms with Crippen LogP contribution in [0.2, 0.25) is 0 Å². The van der Waals surface area contributed by atoms with Gasteiger partial charge in [0.25, 0.3) is 11.6 Å². The number of halogens is 1. The molecule has 1 amide bonds. The van der Waals surface area contributed by atoms with Crippen LogP contribution in [0, 0.1) is 22.9 Å². The van der Waals surface area contributed by atoms with E-state index in [0.29, 0.717) is 5.69 Å². The van der Waals surface area contributed by atoms with E-state index in [1.807, 2.05) is 0 Å². The molecular formula is C23H14FN3O7S. The highest BCUT2D eigenvalue weighted by molar-refractivity contribution is 7.17. The molecule has 1 unspecified atom stereocenters. The zero-order valence-corrected chi connectivity index (χ0v) is 18.9. The lowest BCUT2D eigenvalue weighted by Gasteiger charge is -2.22. The minimum absolute atomic E-state index is 0.00807. The summed E-state index contributed by atoms with van der Waals surface area (Å²) in [6.07, 6.45) is 0. The van der Waals surface area contributed by atoms with Crippen molar-refractivity contribution in [3.05, 3.63) is 96.1 Å². The minimum Gasteiger partial charge on any atom is -0.465 e. The summed E-state index contributed by atoms with van der Waals surface area (Å²) in [5, 5.41) is 11.4. The first-order chi connectivity index (χ1) is 16.7. The number of methoxy groups -OCH3 is 1. The van der Waals surface area contributed by atoms with Crippen molar-refractivity contribution >= 4 is 45.0 Å². The van der Waals surface area contributed by atoms with Crippen molar-refractivity contribution in [2.24, 2.45) is 0 Å². The number of carbonyl (C=O) groups is 2. The molecule has 2 aromatic carbocycles. The van der Waals surface area contributed by atoms with Crippen LogP contribution in [0.1, 0.15) is 43.1 Å². The number of hydrogen-bond donors (Lipinski definition) is 0. The van der Waals surface area contributed by atoms with Gasteiger partial charge in [-0.2, -0.15) is 0 Å². The quantitative estimate of drug-likeness (QED) is 0.234. The van der Waals surface area contributed by atoms with Crippen LogP contribution in [0.5, 0.6) is 0 Å². The van der Waals surface area contributed by atoms with Crippen molar-refractivity contribution in [1.82, 2.24) is 4.98 Å². The van der Waals surface area contributed by atoms with Gasteiger partial charge in [-0.05, 0) is 30.7 Å². The lowest BCUT2D eigenvalue weighted by atomic mass is 9.98. The Hall–Kier alpha value is -4.45. The van der Waals surface area contributed by atoms with Crippen molar-refractivity contribution < 1.29 is 28.1 Å². The lowest BCUT2D eigenvalue weighted by Crippen LogP contribution is -2.29. The SMILES string of the molecule is COC(=O)c1sc(N2C(=O)c3oc4ccc(F)cc4c(=O)c3C2c2cccc([N+](=O)[O-])c2)nc1C. The normalized spacial score (nSPS) is 14.9. The van der Waals surface area contributed by atoms with Crippen LogP contribution in [-0.4, -0.2) is 28.9 Å². The highest BCUT2D eigenvalue weighted by Gasteiger charge is 2.45. The second-order valence-electron chi connectivity index (χ2n) is 7.65. The van der Waals surface area contributed by atoms with E-state index in [1.165, 1.54) is 37.4 Å². The van der Waals surface area contributed by atoms with Crippen molar-refractivity contribution in [3.63, 3.8) is 0 Å². The van der Waals surface area contributed by atoms with E-state index in [1.54, 1.807) is 6.92 Å². The molecule has 10 nitrogen and oxygen atoms in total. The third-order valence-corrected chi connectivity index (χ3v) is 6.73. The summed E-state index contributed by atoms with van der Waals surface area (Å²) >= 11 is 0.867. The fourth-order valence-corrected chi connectivity index (χ4v) is 5.05. The molecule has 0 fully saturated rings. The van der Waals surface area contributed by atoms with Crippen molar-refractivity contribution in [2.45, 2.75) is 13.0 Å². The molecule has 0 spiro atoms. The summed E-state index contributed by atoms with van der Waals surface area (Å²) < 4.78 is 24.4. The molecule has 3 heterocycles. The monoisotopic (exact) mass is 495 g/mol. The first-order valence-corrected chi connectivity index (χ1v) is 10.9.